The number of aromatic nitrogens is 1. The molecule has 0 atom stereocenters. The van der Waals surface area contributed by atoms with E-state index in [4.69, 9.17) is 0 Å². The molecule has 0 aliphatic carbocycles. The molecule has 0 aliphatic rings. The fourth-order valence-electron chi connectivity index (χ4n) is 1.52. The molecular weight excluding hydrogens is 266 g/mol. The SMILES string of the molecule is CCc1ccc(-c2cc(C(F)(F)F)sn2)c(F)c1. The summed E-state index contributed by atoms with van der Waals surface area (Å²) in [7, 11) is 0. The maximum Gasteiger partial charge on any atom is 0.427 e. The Balaban J connectivity index is 2.40. The molecule has 0 aliphatic heterocycles. The second-order valence-corrected chi connectivity index (χ2v) is 4.55. The van der Waals surface area contributed by atoms with Crippen molar-refractivity contribution >= 4 is 11.5 Å². The van der Waals surface area contributed by atoms with Gasteiger partial charge in [0.15, 0.2) is 0 Å². The maximum absolute atomic E-state index is 13.7. The molecule has 18 heavy (non-hydrogen) atoms. The van der Waals surface area contributed by atoms with Crippen molar-refractivity contribution in [2.24, 2.45) is 0 Å². The van der Waals surface area contributed by atoms with Crippen LogP contribution >= 0.6 is 11.5 Å². The number of benzene rings is 1. The molecular formula is C12H9F4NS. The molecule has 0 saturated heterocycles. The highest BCUT2D eigenvalue weighted by molar-refractivity contribution is 7.06. The summed E-state index contributed by atoms with van der Waals surface area (Å²) in [6.45, 7) is 1.87. The minimum absolute atomic E-state index is 0.0208. The third-order valence-corrected chi connectivity index (χ3v) is 3.34. The summed E-state index contributed by atoms with van der Waals surface area (Å²) in [5.41, 5.74) is 0.911. The van der Waals surface area contributed by atoms with Gasteiger partial charge in [-0.25, -0.2) is 4.39 Å². The Morgan fingerprint density at radius 2 is 1.94 bits per heavy atom. The van der Waals surface area contributed by atoms with Gasteiger partial charge < -0.3 is 0 Å². The Morgan fingerprint density at radius 3 is 2.44 bits per heavy atom. The van der Waals surface area contributed by atoms with Gasteiger partial charge in [0, 0.05) is 5.56 Å². The number of alkyl halides is 3. The van der Waals surface area contributed by atoms with Crippen LogP contribution in [-0.4, -0.2) is 4.37 Å². The number of hydrogen-bond acceptors (Lipinski definition) is 2. The molecule has 0 amide bonds. The summed E-state index contributed by atoms with van der Waals surface area (Å²) in [5.74, 6) is -0.548. The number of nitrogens with zero attached hydrogens (tertiary/aromatic N) is 1. The number of halogens is 4. The third kappa shape index (κ3) is 2.53. The molecule has 0 radical (unpaired) electrons. The fraction of sp³-hybridized carbons (Fsp3) is 0.250. The Hall–Kier alpha value is -1.43. The first-order valence-corrected chi connectivity index (χ1v) is 6.02. The third-order valence-electron chi connectivity index (χ3n) is 2.51. The molecule has 0 spiro atoms. The highest BCUT2D eigenvalue weighted by Crippen LogP contribution is 2.35. The second-order valence-electron chi connectivity index (χ2n) is 3.74. The van der Waals surface area contributed by atoms with E-state index in [1.807, 2.05) is 6.92 Å². The first-order chi connectivity index (χ1) is 8.41. The molecule has 0 N–H and O–H groups in total. The van der Waals surface area contributed by atoms with Crippen molar-refractivity contribution in [3.8, 4) is 11.3 Å². The normalized spacial score (nSPS) is 11.8. The molecule has 2 rings (SSSR count). The largest absolute Gasteiger partial charge is 0.427 e. The van der Waals surface area contributed by atoms with Crippen LogP contribution in [0.25, 0.3) is 11.3 Å². The van der Waals surface area contributed by atoms with Crippen molar-refractivity contribution in [2.45, 2.75) is 19.5 Å². The number of rotatable bonds is 2. The molecule has 0 bridgehead atoms. The molecule has 96 valence electrons. The van der Waals surface area contributed by atoms with E-state index in [1.54, 1.807) is 6.07 Å². The standard InChI is InChI=1S/C12H9F4NS/c1-2-7-3-4-8(9(13)5-7)10-6-11(18-17-10)12(14,15)16/h3-6H,2H2,1H3. The van der Waals surface area contributed by atoms with Crippen LogP contribution in [0.4, 0.5) is 17.6 Å². The van der Waals surface area contributed by atoms with Crippen LogP contribution in [0, 0.1) is 5.82 Å². The lowest BCUT2D eigenvalue weighted by Gasteiger charge is -2.02. The lowest BCUT2D eigenvalue weighted by molar-refractivity contribution is -0.134. The zero-order chi connectivity index (χ0) is 13.3. The monoisotopic (exact) mass is 275 g/mol. The Bertz CT molecular complexity index is 559. The molecule has 0 unspecified atom stereocenters. The van der Waals surface area contributed by atoms with E-state index in [0.29, 0.717) is 18.0 Å². The highest BCUT2D eigenvalue weighted by Gasteiger charge is 2.33. The highest BCUT2D eigenvalue weighted by atomic mass is 32.1. The summed E-state index contributed by atoms with van der Waals surface area (Å²) in [5, 5.41) is 0. The van der Waals surface area contributed by atoms with Crippen molar-refractivity contribution in [3.05, 3.63) is 40.5 Å². The molecule has 6 heteroatoms. The smallest absolute Gasteiger partial charge is 0.206 e. The number of hydrogen-bond donors (Lipinski definition) is 0. The van der Waals surface area contributed by atoms with Crippen LogP contribution < -0.4 is 0 Å². The van der Waals surface area contributed by atoms with Gasteiger partial charge in [0.05, 0.1) is 5.69 Å². The van der Waals surface area contributed by atoms with E-state index in [9.17, 15) is 17.6 Å². The summed E-state index contributed by atoms with van der Waals surface area (Å²) >= 11 is 0.328. The average molecular weight is 275 g/mol. The van der Waals surface area contributed by atoms with Crippen LogP contribution in [0.3, 0.4) is 0 Å². The van der Waals surface area contributed by atoms with Gasteiger partial charge in [-0.2, -0.15) is 17.5 Å². The Morgan fingerprint density at radius 1 is 1.22 bits per heavy atom. The minimum Gasteiger partial charge on any atom is -0.206 e. The van der Waals surface area contributed by atoms with Crippen molar-refractivity contribution in [2.75, 3.05) is 0 Å². The van der Waals surface area contributed by atoms with Crippen molar-refractivity contribution < 1.29 is 17.6 Å². The minimum atomic E-state index is -4.43. The van der Waals surface area contributed by atoms with E-state index in [2.05, 4.69) is 4.37 Å². The molecule has 1 nitrogen and oxygen atoms in total. The quantitative estimate of drug-likeness (QED) is 0.734. The first-order valence-electron chi connectivity index (χ1n) is 5.24. The molecule has 1 heterocycles. The van der Waals surface area contributed by atoms with Crippen molar-refractivity contribution in [1.29, 1.82) is 0 Å². The lowest BCUT2D eigenvalue weighted by atomic mass is 10.1. The summed E-state index contributed by atoms with van der Waals surface area (Å²) in [4.78, 5) is -0.823. The molecule has 2 aromatic rings. The Kier molecular flexibility index (Phi) is 3.38. The van der Waals surface area contributed by atoms with E-state index in [1.165, 1.54) is 12.1 Å². The van der Waals surface area contributed by atoms with Crippen LogP contribution in [0.5, 0.6) is 0 Å². The van der Waals surface area contributed by atoms with Gasteiger partial charge in [-0.05, 0) is 41.7 Å². The van der Waals surface area contributed by atoms with Gasteiger partial charge in [-0.1, -0.05) is 13.0 Å². The van der Waals surface area contributed by atoms with Gasteiger partial charge in [-0.15, -0.1) is 0 Å². The topological polar surface area (TPSA) is 12.9 Å². The first kappa shape index (κ1) is 13.0. The predicted octanol–water partition coefficient (Wildman–Crippen LogP) is 4.53. The Labute approximate surface area is 105 Å². The van der Waals surface area contributed by atoms with Crippen LogP contribution in [0.2, 0.25) is 0 Å². The van der Waals surface area contributed by atoms with Crippen LogP contribution in [-0.2, 0) is 12.6 Å². The summed E-state index contributed by atoms with van der Waals surface area (Å²) < 4.78 is 54.6. The van der Waals surface area contributed by atoms with Crippen LogP contribution in [0.15, 0.2) is 24.3 Å². The molecule has 0 saturated carbocycles. The molecule has 1 aromatic carbocycles. The van der Waals surface area contributed by atoms with Crippen molar-refractivity contribution in [3.63, 3.8) is 0 Å². The van der Waals surface area contributed by atoms with Gasteiger partial charge in [0.2, 0.25) is 0 Å². The fourth-order valence-corrected chi connectivity index (χ4v) is 2.14. The molecule has 0 fully saturated rings. The summed E-state index contributed by atoms with van der Waals surface area (Å²) in [6.07, 6.45) is -3.77. The van der Waals surface area contributed by atoms with E-state index >= 15 is 0 Å². The van der Waals surface area contributed by atoms with E-state index < -0.39 is 16.9 Å². The summed E-state index contributed by atoms with van der Waals surface area (Å²) in [6, 6.07) is 5.34. The average Bonchev–Trinajstić information content (AvgIpc) is 2.77. The maximum atomic E-state index is 13.7. The van der Waals surface area contributed by atoms with E-state index in [-0.39, 0.29) is 11.3 Å². The van der Waals surface area contributed by atoms with E-state index in [0.717, 1.165) is 11.6 Å². The van der Waals surface area contributed by atoms with Gasteiger partial charge in [0.25, 0.3) is 0 Å². The zero-order valence-corrected chi connectivity index (χ0v) is 10.2. The zero-order valence-electron chi connectivity index (χ0n) is 9.38. The molecule has 1 aromatic heterocycles. The van der Waals surface area contributed by atoms with Crippen molar-refractivity contribution in [1.82, 2.24) is 4.37 Å². The van der Waals surface area contributed by atoms with Gasteiger partial charge in [0.1, 0.15) is 10.7 Å². The second kappa shape index (κ2) is 4.68. The predicted molar refractivity (Wildman–Crippen MR) is 61.9 cm³/mol. The van der Waals surface area contributed by atoms with Gasteiger partial charge in [-0.3, -0.25) is 0 Å². The number of aryl methyl sites for hydroxylation is 1. The van der Waals surface area contributed by atoms with Crippen LogP contribution in [0.1, 0.15) is 17.4 Å². The van der Waals surface area contributed by atoms with Gasteiger partial charge >= 0.3 is 6.18 Å². The lowest BCUT2D eigenvalue weighted by Crippen LogP contribution is -2.00.